The molecule has 1 atom stereocenters. The third kappa shape index (κ3) is 3.83. The van der Waals surface area contributed by atoms with Gasteiger partial charge in [-0.05, 0) is 25.1 Å². The molecule has 0 saturated carbocycles. The highest BCUT2D eigenvalue weighted by molar-refractivity contribution is 6.33. The van der Waals surface area contributed by atoms with Gasteiger partial charge in [0.25, 0.3) is 5.91 Å². The Hall–Kier alpha value is -2.18. The van der Waals surface area contributed by atoms with E-state index in [1.807, 2.05) is 25.1 Å². The maximum Gasteiger partial charge on any atom is 0.255 e. The van der Waals surface area contributed by atoms with Crippen molar-refractivity contribution in [2.75, 3.05) is 31.6 Å². The van der Waals surface area contributed by atoms with Crippen molar-refractivity contribution in [2.45, 2.75) is 13.0 Å². The van der Waals surface area contributed by atoms with Crippen molar-refractivity contribution in [3.63, 3.8) is 0 Å². The Kier molecular flexibility index (Phi) is 5.27. The highest BCUT2D eigenvalue weighted by Gasteiger charge is 2.20. The average molecular weight is 347 g/mol. The Morgan fingerprint density at radius 1 is 1.33 bits per heavy atom. The van der Waals surface area contributed by atoms with Crippen LogP contribution in [0.5, 0.6) is 0 Å². The maximum atomic E-state index is 12.4. The van der Waals surface area contributed by atoms with Gasteiger partial charge in [-0.1, -0.05) is 17.7 Å². The Morgan fingerprint density at radius 2 is 2.12 bits per heavy atom. The second-order valence-electron chi connectivity index (χ2n) is 5.58. The number of carbonyl (C=O) groups is 1. The molecule has 126 valence electrons. The predicted molar refractivity (Wildman–Crippen MR) is 92.2 cm³/mol. The molecule has 0 aliphatic carbocycles. The van der Waals surface area contributed by atoms with E-state index in [1.54, 1.807) is 23.4 Å². The van der Waals surface area contributed by atoms with Crippen molar-refractivity contribution in [1.29, 1.82) is 0 Å². The first kappa shape index (κ1) is 16.7. The molecule has 2 aromatic rings. The number of hydrogen-bond donors (Lipinski definition) is 1. The van der Waals surface area contributed by atoms with E-state index in [2.05, 4.69) is 15.3 Å². The second kappa shape index (κ2) is 7.59. The lowest BCUT2D eigenvalue weighted by Gasteiger charge is -2.27. The molecule has 1 N–H and O–H groups in total. The molecule has 0 bridgehead atoms. The van der Waals surface area contributed by atoms with E-state index in [0.29, 0.717) is 42.7 Å². The van der Waals surface area contributed by atoms with Crippen LogP contribution in [0, 0.1) is 0 Å². The van der Waals surface area contributed by atoms with Crippen molar-refractivity contribution >= 4 is 23.3 Å². The van der Waals surface area contributed by atoms with Crippen LogP contribution in [0.25, 0.3) is 0 Å². The maximum absolute atomic E-state index is 12.4. The zero-order valence-corrected chi connectivity index (χ0v) is 14.2. The van der Waals surface area contributed by atoms with Gasteiger partial charge in [0.15, 0.2) is 0 Å². The topological polar surface area (TPSA) is 67.4 Å². The molecule has 1 saturated heterocycles. The number of halogens is 1. The number of hydrogen-bond acceptors (Lipinski definition) is 5. The lowest BCUT2D eigenvalue weighted by molar-refractivity contribution is 0.0302. The fourth-order valence-electron chi connectivity index (χ4n) is 2.52. The summed E-state index contributed by atoms with van der Waals surface area (Å²) in [5.74, 6) is 0.463. The monoisotopic (exact) mass is 346 g/mol. The van der Waals surface area contributed by atoms with E-state index in [4.69, 9.17) is 16.3 Å². The molecule has 3 rings (SSSR count). The number of anilines is 1. The van der Waals surface area contributed by atoms with Gasteiger partial charge in [-0.15, -0.1) is 0 Å². The van der Waals surface area contributed by atoms with Crippen LogP contribution < -0.4 is 5.32 Å². The molecule has 1 amide bonds. The van der Waals surface area contributed by atoms with E-state index in [-0.39, 0.29) is 11.9 Å². The van der Waals surface area contributed by atoms with Crippen molar-refractivity contribution in [1.82, 2.24) is 14.9 Å². The molecular formula is C17H19ClN4O2. The first-order chi connectivity index (χ1) is 11.6. The molecular weight excluding hydrogens is 328 g/mol. The fourth-order valence-corrected chi connectivity index (χ4v) is 2.74. The Balaban J connectivity index is 1.71. The first-order valence-electron chi connectivity index (χ1n) is 7.85. The quantitative estimate of drug-likeness (QED) is 0.922. The standard InChI is InChI=1S/C17H19ClN4O2/c1-12(15-4-2-3-5-19-15)21-16-14(18)10-13(11-20-16)17(23)22-6-8-24-9-7-22/h2-5,10-12H,6-9H2,1H3,(H,20,21). The van der Waals surface area contributed by atoms with Crippen molar-refractivity contribution < 1.29 is 9.53 Å². The number of nitrogens with one attached hydrogen (secondary N) is 1. The second-order valence-corrected chi connectivity index (χ2v) is 5.99. The lowest BCUT2D eigenvalue weighted by atomic mass is 10.2. The molecule has 1 unspecified atom stereocenters. The van der Waals surface area contributed by atoms with Gasteiger partial charge in [-0.25, -0.2) is 4.98 Å². The number of ether oxygens (including phenoxy) is 1. The van der Waals surface area contributed by atoms with Crippen molar-refractivity contribution in [3.8, 4) is 0 Å². The SMILES string of the molecule is CC(Nc1ncc(C(=O)N2CCOCC2)cc1Cl)c1ccccn1. The minimum atomic E-state index is -0.0722. The highest BCUT2D eigenvalue weighted by Crippen LogP contribution is 2.25. The van der Waals surface area contributed by atoms with Crippen molar-refractivity contribution in [3.05, 3.63) is 52.9 Å². The summed E-state index contributed by atoms with van der Waals surface area (Å²) in [5, 5.41) is 3.64. The summed E-state index contributed by atoms with van der Waals surface area (Å²) >= 11 is 6.30. The van der Waals surface area contributed by atoms with Crippen molar-refractivity contribution in [2.24, 2.45) is 0 Å². The summed E-state index contributed by atoms with van der Waals surface area (Å²) in [4.78, 5) is 22.8. The summed E-state index contributed by atoms with van der Waals surface area (Å²) in [6.07, 6.45) is 3.30. The smallest absolute Gasteiger partial charge is 0.255 e. The average Bonchev–Trinajstić information content (AvgIpc) is 2.64. The van der Waals surface area contributed by atoms with Gasteiger partial charge in [0.2, 0.25) is 0 Å². The molecule has 24 heavy (non-hydrogen) atoms. The molecule has 0 spiro atoms. The molecule has 1 fully saturated rings. The van der Waals surface area contributed by atoms with E-state index in [1.165, 1.54) is 0 Å². The number of aromatic nitrogens is 2. The third-order valence-electron chi connectivity index (χ3n) is 3.87. The van der Waals surface area contributed by atoms with Gasteiger partial charge in [-0.2, -0.15) is 0 Å². The van der Waals surface area contributed by atoms with Gasteiger partial charge in [0.1, 0.15) is 5.82 Å². The largest absolute Gasteiger partial charge is 0.378 e. The van der Waals surface area contributed by atoms with Gasteiger partial charge in [0, 0.05) is 25.5 Å². The number of pyridine rings is 2. The number of carbonyl (C=O) groups excluding carboxylic acids is 1. The Bertz CT molecular complexity index is 705. The molecule has 6 nitrogen and oxygen atoms in total. The van der Waals surface area contributed by atoms with Crippen LogP contribution in [0.4, 0.5) is 5.82 Å². The first-order valence-corrected chi connectivity index (χ1v) is 8.23. The number of morpholine rings is 1. The summed E-state index contributed by atoms with van der Waals surface area (Å²) in [6, 6.07) is 7.34. The molecule has 0 radical (unpaired) electrons. The van der Waals surface area contributed by atoms with Gasteiger partial charge >= 0.3 is 0 Å². The van der Waals surface area contributed by atoms with E-state index in [9.17, 15) is 4.79 Å². The minimum absolute atomic E-state index is 0.0444. The van der Waals surface area contributed by atoms with Crippen LogP contribution in [0.15, 0.2) is 36.7 Å². The molecule has 7 heteroatoms. The zero-order chi connectivity index (χ0) is 16.9. The Morgan fingerprint density at radius 3 is 2.79 bits per heavy atom. The number of amides is 1. The van der Waals surface area contributed by atoms with Crippen LogP contribution in [-0.4, -0.2) is 47.1 Å². The Labute approximate surface area is 145 Å². The zero-order valence-electron chi connectivity index (χ0n) is 13.4. The van der Waals surface area contributed by atoms with Crippen LogP contribution in [0.2, 0.25) is 5.02 Å². The number of rotatable bonds is 4. The molecule has 1 aliphatic heterocycles. The van der Waals surface area contributed by atoms with Gasteiger partial charge < -0.3 is 15.0 Å². The van der Waals surface area contributed by atoms with E-state index < -0.39 is 0 Å². The van der Waals surface area contributed by atoms with Crippen LogP contribution >= 0.6 is 11.6 Å². The van der Waals surface area contributed by atoms with Gasteiger partial charge in [0.05, 0.1) is 35.5 Å². The lowest BCUT2D eigenvalue weighted by Crippen LogP contribution is -2.40. The predicted octanol–water partition coefficient (Wildman–Crippen LogP) is 2.78. The van der Waals surface area contributed by atoms with E-state index >= 15 is 0 Å². The van der Waals surface area contributed by atoms with Crippen LogP contribution in [-0.2, 0) is 4.74 Å². The summed E-state index contributed by atoms with van der Waals surface area (Å²) in [7, 11) is 0. The summed E-state index contributed by atoms with van der Waals surface area (Å²) in [6.45, 7) is 4.29. The van der Waals surface area contributed by atoms with Crippen LogP contribution in [0.3, 0.4) is 0 Å². The van der Waals surface area contributed by atoms with E-state index in [0.717, 1.165) is 5.69 Å². The third-order valence-corrected chi connectivity index (χ3v) is 4.16. The number of nitrogens with zero attached hydrogens (tertiary/aromatic N) is 3. The summed E-state index contributed by atoms with van der Waals surface area (Å²) in [5.41, 5.74) is 1.38. The minimum Gasteiger partial charge on any atom is -0.378 e. The molecule has 3 heterocycles. The van der Waals surface area contributed by atoms with Crippen LogP contribution in [0.1, 0.15) is 29.0 Å². The molecule has 0 aromatic carbocycles. The summed E-state index contributed by atoms with van der Waals surface area (Å²) < 4.78 is 5.26. The highest BCUT2D eigenvalue weighted by atomic mass is 35.5. The normalized spacial score (nSPS) is 15.8. The molecule has 2 aromatic heterocycles. The van der Waals surface area contributed by atoms with Gasteiger partial charge in [-0.3, -0.25) is 9.78 Å². The fraction of sp³-hybridized carbons (Fsp3) is 0.353. The molecule has 1 aliphatic rings.